The third-order valence-corrected chi connectivity index (χ3v) is 7.09. The molecule has 0 radical (unpaired) electrons. The second-order valence-electron chi connectivity index (χ2n) is 7.43. The monoisotopic (exact) mass is 437 g/mol. The summed E-state index contributed by atoms with van der Waals surface area (Å²) in [7, 11) is -3.95. The van der Waals surface area contributed by atoms with Crippen LogP contribution in [0.15, 0.2) is 77.2 Å². The number of hydrogen-bond donors (Lipinski definition) is 3. The fourth-order valence-corrected chi connectivity index (χ4v) is 5.26. The van der Waals surface area contributed by atoms with Crippen molar-refractivity contribution < 1.29 is 18.0 Å². The number of aromatic nitrogens is 1. The van der Waals surface area contributed by atoms with Gasteiger partial charge in [-0.15, -0.1) is 0 Å². The summed E-state index contributed by atoms with van der Waals surface area (Å²) in [5, 5.41) is 8.66. The predicted molar refractivity (Wildman–Crippen MR) is 113 cm³/mol. The Kier molecular flexibility index (Phi) is 4.26. The lowest BCUT2D eigenvalue weighted by molar-refractivity contribution is 0.0953. The second-order valence-corrected chi connectivity index (χ2v) is 9.21. The molecule has 1 aromatic heterocycles. The van der Waals surface area contributed by atoms with E-state index in [9.17, 15) is 18.0 Å². The molecule has 3 N–H and O–H groups in total. The van der Waals surface area contributed by atoms with Crippen LogP contribution in [-0.2, 0) is 10.0 Å². The minimum atomic E-state index is -3.95. The average Bonchev–Trinajstić information content (AvgIpc) is 3.37. The Morgan fingerprint density at radius 3 is 2.94 bits per heavy atom. The van der Waals surface area contributed by atoms with Crippen molar-refractivity contribution in [3.8, 4) is 0 Å². The Labute approximate surface area is 178 Å². The summed E-state index contributed by atoms with van der Waals surface area (Å²) in [5.74, 6) is -0.936. The Hall–Kier alpha value is -3.79. The number of nitrogens with zero attached hydrogens (tertiary/aromatic N) is 2. The number of carbonyl (C=O) groups is 2. The summed E-state index contributed by atoms with van der Waals surface area (Å²) in [6, 6.07) is 7.07. The van der Waals surface area contributed by atoms with E-state index in [1.807, 2.05) is 36.4 Å². The van der Waals surface area contributed by atoms with Crippen molar-refractivity contribution >= 4 is 27.5 Å². The summed E-state index contributed by atoms with van der Waals surface area (Å²) in [6.07, 6.45) is 9.26. The smallest absolute Gasteiger partial charge is 0.273 e. The van der Waals surface area contributed by atoms with E-state index >= 15 is 0 Å². The Balaban J connectivity index is 1.37. The van der Waals surface area contributed by atoms with E-state index in [2.05, 4.69) is 16.0 Å². The predicted octanol–water partition coefficient (Wildman–Crippen LogP) is 1.57. The molecule has 3 aliphatic heterocycles. The molecule has 10 heteroatoms. The van der Waals surface area contributed by atoms with Crippen LogP contribution in [0.3, 0.4) is 0 Å². The van der Waals surface area contributed by atoms with Crippen LogP contribution in [0.25, 0.3) is 0 Å². The van der Waals surface area contributed by atoms with Gasteiger partial charge in [-0.25, -0.2) is 12.4 Å². The first-order chi connectivity index (χ1) is 14.8. The van der Waals surface area contributed by atoms with Crippen molar-refractivity contribution in [2.75, 3.05) is 11.9 Å². The van der Waals surface area contributed by atoms with Gasteiger partial charge in [0.05, 0.1) is 17.9 Å². The van der Waals surface area contributed by atoms with Crippen LogP contribution in [0.2, 0.25) is 0 Å². The molecular formula is C21H19N5O4S. The van der Waals surface area contributed by atoms with Gasteiger partial charge >= 0.3 is 0 Å². The minimum Gasteiger partial charge on any atom is -0.366 e. The third kappa shape index (κ3) is 3.12. The number of fused-ring (bicyclic) bond motifs is 3. The second kappa shape index (κ2) is 6.88. The van der Waals surface area contributed by atoms with Gasteiger partial charge in [-0.3, -0.25) is 9.59 Å². The van der Waals surface area contributed by atoms with E-state index in [1.165, 1.54) is 36.5 Å². The van der Waals surface area contributed by atoms with E-state index in [0.717, 1.165) is 15.2 Å². The van der Waals surface area contributed by atoms with Crippen LogP contribution in [0.5, 0.6) is 0 Å². The lowest BCUT2D eigenvalue weighted by Crippen LogP contribution is -2.36. The first-order valence-electron chi connectivity index (χ1n) is 9.61. The molecule has 3 aliphatic rings. The molecule has 31 heavy (non-hydrogen) atoms. The van der Waals surface area contributed by atoms with Crippen LogP contribution in [0.1, 0.15) is 27.8 Å². The summed E-state index contributed by atoms with van der Waals surface area (Å²) in [4.78, 5) is 27.1. The Morgan fingerprint density at radius 1 is 1.26 bits per heavy atom. The largest absolute Gasteiger partial charge is 0.366 e. The highest BCUT2D eigenvalue weighted by atomic mass is 32.2. The molecule has 1 unspecified atom stereocenters. The van der Waals surface area contributed by atoms with E-state index < -0.39 is 15.9 Å². The molecule has 2 amide bonds. The molecule has 5 rings (SSSR count). The summed E-state index contributed by atoms with van der Waals surface area (Å²) >= 11 is 0. The van der Waals surface area contributed by atoms with Gasteiger partial charge in [0.15, 0.2) is 0 Å². The van der Waals surface area contributed by atoms with Gasteiger partial charge < -0.3 is 20.9 Å². The number of benzene rings is 1. The molecule has 0 saturated heterocycles. The van der Waals surface area contributed by atoms with Gasteiger partial charge in [0.1, 0.15) is 16.8 Å². The fourth-order valence-electron chi connectivity index (χ4n) is 3.78. The molecule has 2 aromatic rings. The first-order valence-corrected chi connectivity index (χ1v) is 11.1. The normalized spacial score (nSPS) is 20.4. The number of nitrogens with one attached hydrogen (secondary N) is 3. The number of rotatable bonds is 3. The zero-order chi connectivity index (χ0) is 21.8. The lowest BCUT2D eigenvalue weighted by atomic mass is 10.1. The van der Waals surface area contributed by atoms with Gasteiger partial charge in [0.25, 0.3) is 21.8 Å². The van der Waals surface area contributed by atoms with Gasteiger partial charge in [0.2, 0.25) is 0 Å². The number of allylic oxidation sites excluding steroid dienone is 2. The van der Waals surface area contributed by atoms with E-state index in [1.54, 1.807) is 0 Å². The highest BCUT2D eigenvalue weighted by Gasteiger charge is 2.31. The molecule has 1 atom stereocenters. The maximum atomic E-state index is 12.9. The molecular weight excluding hydrogens is 418 g/mol. The van der Waals surface area contributed by atoms with Gasteiger partial charge in [-0.1, -0.05) is 6.08 Å². The zero-order valence-corrected chi connectivity index (χ0v) is 17.3. The average molecular weight is 437 g/mol. The van der Waals surface area contributed by atoms with Crippen molar-refractivity contribution in [2.45, 2.75) is 18.0 Å². The lowest BCUT2D eigenvalue weighted by Gasteiger charge is -2.27. The Bertz CT molecular complexity index is 1320. The number of anilines is 1. The molecule has 158 valence electrons. The quantitative estimate of drug-likeness (QED) is 0.672. The summed E-state index contributed by atoms with van der Waals surface area (Å²) in [5.41, 5.74) is 2.32. The molecule has 0 aliphatic carbocycles. The Morgan fingerprint density at radius 2 is 2.10 bits per heavy atom. The topological polar surface area (TPSA) is 113 Å². The van der Waals surface area contributed by atoms with Crippen molar-refractivity contribution in [1.29, 1.82) is 0 Å². The van der Waals surface area contributed by atoms with Gasteiger partial charge in [-0.2, -0.15) is 0 Å². The minimum absolute atomic E-state index is 0.0105. The van der Waals surface area contributed by atoms with Crippen LogP contribution in [0.4, 0.5) is 5.69 Å². The summed E-state index contributed by atoms with van der Waals surface area (Å²) < 4.78 is 26.7. The SMILES string of the molecule is CC1=CN2C(CNC(=O)c3ccc4c(c3)NC(=O)c3cccn3S4(=O)=O)=CNC2C=C1. The number of amides is 2. The highest BCUT2D eigenvalue weighted by Crippen LogP contribution is 2.30. The fraction of sp³-hybridized carbons (Fsp3) is 0.143. The molecule has 0 bridgehead atoms. The van der Waals surface area contributed by atoms with Crippen molar-refractivity contribution in [3.63, 3.8) is 0 Å². The molecule has 1 aromatic carbocycles. The van der Waals surface area contributed by atoms with Crippen molar-refractivity contribution in [2.24, 2.45) is 0 Å². The van der Waals surface area contributed by atoms with Crippen LogP contribution < -0.4 is 16.0 Å². The van der Waals surface area contributed by atoms with Crippen molar-refractivity contribution in [3.05, 3.63) is 83.6 Å². The van der Waals surface area contributed by atoms with Crippen LogP contribution >= 0.6 is 0 Å². The first kappa shape index (κ1) is 19.2. The van der Waals surface area contributed by atoms with Crippen LogP contribution in [-0.4, -0.2) is 41.8 Å². The van der Waals surface area contributed by atoms with E-state index in [4.69, 9.17) is 0 Å². The zero-order valence-electron chi connectivity index (χ0n) is 16.5. The van der Waals surface area contributed by atoms with Crippen LogP contribution in [0, 0.1) is 0 Å². The third-order valence-electron chi connectivity index (χ3n) is 5.34. The maximum Gasteiger partial charge on any atom is 0.273 e. The molecule has 0 fully saturated rings. The van der Waals surface area contributed by atoms with E-state index in [0.29, 0.717) is 0 Å². The molecule has 9 nitrogen and oxygen atoms in total. The highest BCUT2D eigenvalue weighted by molar-refractivity contribution is 7.90. The standard InChI is InChI=1S/C21H19N5O4S/c1-13-4-7-19-22-10-15(25(19)12-13)11-23-20(27)14-5-6-18-16(9-14)24-21(28)17-3-2-8-26(17)31(18,29)30/h2-10,12,19,22H,11H2,1H3,(H,23,27)(H,24,28). The van der Waals surface area contributed by atoms with E-state index in [-0.39, 0.29) is 40.5 Å². The number of carbonyl (C=O) groups excluding carboxylic acids is 2. The number of hydrogen-bond acceptors (Lipinski definition) is 6. The van der Waals surface area contributed by atoms with Gasteiger partial charge in [0, 0.05) is 24.2 Å². The summed E-state index contributed by atoms with van der Waals surface area (Å²) in [6.45, 7) is 2.28. The maximum absolute atomic E-state index is 12.9. The molecule has 0 saturated carbocycles. The molecule has 0 spiro atoms. The molecule has 4 heterocycles. The van der Waals surface area contributed by atoms with Crippen molar-refractivity contribution in [1.82, 2.24) is 19.5 Å². The van der Waals surface area contributed by atoms with Gasteiger partial charge in [-0.05, 0) is 48.9 Å².